The molecule has 13 nitrogen and oxygen atoms in total. The molecule has 1 aliphatic heterocycles. The summed E-state index contributed by atoms with van der Waals surface area (Å²) >= 11 is 0. The SMILES string of the molecule is COC(=O)[C@H](Cc1ccc(O[C@@H]2O[C@H](COCc3ccccc3)[C@H](OCc3ccccc3)[C@H](OCc3ccccc3)[C@H]2[N+](=O)[O-])cc1)NC(=O)OC(C)(C)C. The Morgan fingerprint density at radius 3 is 1.80 bits per heavy atom. The molecule has 1 amide bonds. The zero-order valence-corrected chi connectivity index (χ0v) is 31.4. The molecule has 0 aromatic heterocycles. The molecule has 0 aliphatic carbocycles. The van der Waals surface area contributed by atoms with Gasteiger partial charge in [-0.1, -0.05) is 103 Å². The van der Waals surface area contributed by atoms with Crippen molar-refractivity contribution < 1.29 is 47.7 Å². The second-order valence-corrected chi connectivity index (χ2v) is 14.0. The number of ether oxygens (including phenoxy) is 7. The number of esters is 1. The minimum Gasteiger partial charge on any atom is -0.467 e. The largest absolute Gasteiger partial charge is 0.467 e. The highest BCUT2D eigenvalue weighted by Crippen LogP contribution is 2.32. The van der Waals surface area contributed by atoms with Crippen LogP contribution in [0.5, 0.6) is 5.75 Å². The van der Waals surface area contributed by atoms with Gasteiger partial charge in [0, 0.05) is 11.3 Å². The molecule has 4 aromatic carbocycles. The van der Waals surface area contributed by atoms with Crippen LogP contribution in [0.2, 0.25) is 0 Å². The van der Waals surface area contributed by atoms with E-state index in [0.717, 1.165) is 16.7 Å². The minimum absolute atomic E-state index is 0.0301. The van der Waals surface area contributed by atoms with Crippen molar-refractivity contribution in [1.82, 2.24) is 5.32 Å². The van der Waals surface area contributed by atoms with Crippen molar-refractivity contribution in [2.45, 2.75) is 89.3 Å². The van der Waals surface area contributed by atoms with Crippen molar-refractivity contribution in [3.63, 3.8) is 0 Å². The Morgan fingerprint density at radius 2 is 1.29 bits per heavy atom. The smallest absolute Gasteiger partial charge is 0.408 e. The Hall–Kier alpha value is -5.34. The molecule has 0 bridgehead atoms. The lowest BCUT2D eigenvalue weighted by atomic mass is 9.96. The van der Waals surface area contributed by atoms with Crippen LogP contribution in [0.1, 0.15) is 43.0 Å². The lowest BCUT2D eigenvalue weighted by molar-refractivity contribution is -0.572. The van der Waals surface area contributed by atoms with Crippen molar-refractivity contribution in [2.75, 3.05) is 13.7 Å². The number of benzene rings is 4. The number of amides is 1. The minimum atomic E-state index is -1.50. The molecule has 0 saturated carbocycles. The van der Waals surface area contributed by atoms with E-state index in [-0.39, 0.29) is 38.6 Å². The van der Waals surface area contributed by atoms with Gasteiger partial charge in [-0.05, 0) is 55.2 Å². The van der Waals surface area contributed by atoms with Gasteiger partial charge in [-0.3, -0.25) is 10.1 Å². The van der Waals surface area contributed by atoms with E-state index in [9.17, 15) is 19.7 Å². The van der Waals surface area contributed by atoms with Gasteiger partial charge in [0.25, 0.3) is 6.29 Å². The molecule has 1 saturated heterocycles. The van der Waals surface area contributed by atoms with Crippen LogP contribution in [-0.4, -0.2) is 73.0 Å². The molecule has 55 heavy (non-hydrogen) atoms. The first kappa shape index (κ1) is 40.8. The monoisotopic (exact) mass is 756 g/mol. The second kappa shape index (κ2) is 19.8. The summed E-state index contributed by atoms with van der Waals surface area (Å²) in [6, 6.07) is 32.6. The number of rotatable bonds is 17. The van der Waals surface area contributed by atoms with Gasteiger partial charge in [0.2, 0.25) is 0 Å². The third-order valence-electron chi connectivity index (χ3n) is 8.61. The number of nitro groups is 1. The van der Waals surface area contributed by atoms with E-state index in [0.29, 0.717) is 5.56 Å². The van der Waals surface area contributed by atoms with E-state index in [2.05, 4.69) is 5.32 Å². The summed E-state index contributed by atoms with van der Waals surface area (Å²) in [5.41, 5.74) is 2.54. The fraction of sp³-hybridized carbons (Fsp3) is 0.381. The van der Waals surface area contributed by atoms with Gasteiger partial charge in [-0.15, -0.1) is 0 Å². The normalized spacial score (nSPS) is 20.2. The van der Waals surface area contributed by atoms with Gasteiger partial charge in [0.1, 0.15) is 29.6 Å². The Bertz CT molecular complexity index is 1790. The van der Waals surface area contributed by atoms with Crippen LogP contribution in [0.25, 0.3) is 0 Å². The lowest BCUT2D eigenvalue weighted by Gasteiger charge is -2.42. The second-order valence-electron chi connectivity index (χ2n) is 14.0. The molecule has 1 heterocycles. The predicted molar refractivity (Wildman–Crippen MR) is 202 cm³/mol. The highest BCUT2D eigenvalue weighted by molar-refractivity contribution is 5.81. The Kier molecular flexibility index (Phi) is 14.7. The highest BCUT2D eigenvalue weighted by Gasteiger charge is 2.55. The average Bonchev–Trinajstić information content (AvgIpc) is 3.17. The molecule has 0 unspecified atom stereocenters. The van der Waals surface area contributed by atoms with Crippen LogP contribution in [0, 0.1) is 10.1 Å². The van der Waals surface area contributed by atoms with E-state index in [1.54, 1.807) is 45.0 Å². The number of nitrogens with one attached hydrogen (secondary N) is 1. The summed E-state index contributed by atoms with van der Waals surface area (Å²) in [5.74, 6) is -0.383. The van der Waals surface area contributed by atoms with Crippen LogP contribution in [-0.2, 0) is 59.5 Å². The fourth-order valence-electron chi connectivity index (χ4n) is 6.00. The topological polar surface area (TPSA) is 154 Å². The maximum Gasteiger partial charge on any atom is 0.408 e. The van der Waals surface area contributed by atoms with Crippen molar-refractivity contribution in [3.05, 3.63) is 148 Å². The van der Waals surface area contributed by atoms with Crippen molar-refractivity contribution in [3.8, 4) is 5.75 Å². The maximum atomic E-state index is 12.9. The molecule has 1 aliphatic rings. The summed E-state index contributed by atoms with van der Waals surface area (Å²) in [6.07, 6.45) is -4.93. The van der Waals surface area contributed by atoms with Gasteiger partial charge in [0.15, 0.2) is 6.10 Å². The molecule has 292 valence electrons. The Morgan fingerprint density at radius 1 is 0.764 bits per heavy atom. The molecule has 1 N–H and O–H groups in total. The quantitative estimate of drug-likeness (QED) is 0.0720. The first-order chi connectivity index (χ1) is 26.5. The molecular formula is C42H48N2O11. The number of methoxy groups -OCH3 is 1. The Balaban J connectivity index is 1.39. The lowest BCUT2D eigenvalue weighted by Crippen LogP contribution is -2.64. The fourth-order valence-corrected chi connectivity index (χ4v) is 6.00. The molecule has 6 atom stereocenters. The van der Waals surface area contributed by atoms with E-state index in [1.165, 1.54) is 7.11 Å². The summed E-state index contributed by atoms with van der Waals surface area (Å²) in [6.45, 7) is 5.69. The van der Waals surface area contributed by atoms with Crippen LogP contribution < -0.4 is 10.1 Å². The van der Waals surface area contributed by atoms with Gasteiger partial charge >= 0.3 is 18.1 Å². The van der Waals surface area contributed by atoms with Crippen molar-refractivity contribution in [2.24, 2.45) is 0 Å². The number of carbonyl (C=O) groups is 2. The van der Waals surface area contributed by atoms with Crippen LogP contribution in [0.3, 0.4) is 0 Å². The van der Waals surface area contributed by atoms with Crippen LogP contribution in [0.15, 0.2) is 115 Å². The molecule has 1 fully saturated rings. The molecule has 0 radical (unpaired) electrons. The molecule has 4 aromatic rings. The number of hydrogen-bond donors (Lipinski definition) is 1. The van der Waals surface area contributed by atoms with Crippen LogP contribution >= 0.6 is 0 Å². The molecule has 5 rings (SSSR count). The zero-order chi connectivity index (χ0) is 39.2. The van der Waals surface area contributed by atoms with Gasteiger partial charge in [-0.25, -0.2) is 9.59 Å². The van der Waals surface area contributed by atoms with E-state index in [1.807, 2.05) is 91.0 Å². The number of alkyl carbamates (subject to hydrolysis) is 1. The average molecular weight is 757 g/mol. The van der Waals surface area contributed by atoms with Crippen molar-refractivity contribution in [1.29, 1.82) is 0 Å². The zero-order valence-electron chi connectivity index (χ0n) is 31.4. The standard InChI is InChI=1S/C42H48N2O11/c1-42(2,3)55-41(46)43-34(39(45)49-4)24-29-20-22-33(23-21-29)53-40-36(44(47)48)38(52-27-32-18-12-7-13-19-32)37(51-26-31-16-10-6-11-17-31)35(54-40)28-50-25-30-14-8-5-9-15-30/h5-23,34-38,40H,24-28H2,1-4H3,(H,43,46)/t34-,35+,36+,37-,38+,40+/m0/s1. The number of hydrogen-bond acceptors (Lipinski definition) is 11. The van der Waals surface area contributed by atoms with E-state index in [4.69, 9.17) is 33.2 Å². The highest BCUT2D eigenvalue weighted by atomic mass is 16.7. The Labute approximate surface area is 320 Å². The summed E-state index contributed by atoms with van der Waals surface area (Å²) in [4.78, 5) is 37.4. The van der Waals surface area contributed by atoms with E-state index >= 15 is 0 Å². The molecule has 13 heteroatoms. The number of carbonyl (C=O) groups excluding carboxylic acids is 2. The number of nitrogens with zero attached hydrogens (tertiary/aromatic N) is 1. The third kappa shape index (κ3) is 12.6. The van der Waals surface area contributed by atoms with Crippen molar-refractivity contribution >= 4 is 12.1 Å². The molecule has 0 spiro atoms. The summed E-state index contributed by atoms with van der Waals surface area (Å²) in [7, 11) is 1.23. The first-order valence-corrected chi connectivity index (χ1v) is 18.0. The third-order valence-corrected chi connectivity index (χ3v) is 8.61. The predicted octanol–water partition coefficient (Wildman–Crippen LogP) is 6.43. The summed E-state index contributed by atoms with van der Waals surface area (Å²) in [5, 5.41) is 15.5. The maximum absolute atomic E-state index is 12.9. The van der Waals surface area contributed by atoms with E-state index < -0.39 is 59.3 Å². The first-order valence-electron chi connectivity index (χ1n) is 18.0. The van der Waals surface area contributed by atoms with Gasteiger partial charge in [-0.2, -0.15) is 0 Å². The summed E-state index contributed by atoms with van der Waals surface area (Å²) < 4.78 is 41.8. The van der Waals surface area contributed by atoms with Gasteiger partial charge < -0.3 is 38.5 Å². The molecular weight excluding hydrogens is 708 g/mol. The van der Waals surface area contributed by atoms with Gasteiger partial charge in [0.05, 0.1) is 33.5 Å². The van der Waals surface area contributed by atoms with Crippen LogP contribution in [0.4, 0.5) is 4.79 Å².